The molecule has 1 rings (SSSR count). The van der Waals surface area contributed by atoms with Gasteiger partial charge in [0.2, 0.25) is 5.91 Å². The van der Waals surface area contributed by atoms with Gasteiger partial charge in [-0.15, -0.1) is 11.3 Å². The van der Waals surface area contributed by atoms with Gasteiger partial charge in [-0.05, 0) is 18.4 Å². The average molecular weight is 299 g/mol. The second kappa shape index (κ2) is 6.90. The number of amides is 3. The van der Waals surface area contributed by atoms with Crippen molar-refractivity contribution in [1.29, 1.82) is 0 Å². The Hall–Kier alpha value is -2.09. The third-order valence-electron chi connectivity index (χ3n) is 2.61. The molecule has 0 atom stereocenters. The average Bonchev–Trinajstić information content (AvgIpc) is 2.83. The zero-order chi connectivity index (χ0) is 15.3. The Kier molecular flexibility index (Phi) is 5.51. The van der Waals surface area contributed by atoms with Crippen LogP contribution >= 0.6 is 11.3 Å². The van der Waals surface area contributed by atoms with Crippen LogP contribution in [0.25, 0.3) is 0 Å². The molecule has 0 fully saturated rings. The number of carboxylic acids is 1. The van der Waals surface area contributed by atoms with E-state index in [-0.39, 0.29) is 23.0 Å². The summed E-state index contributed by atoms with van der Waals surface area (Å²) in [6.07, 6.45) is 0. The van der Waals surface area contributed by atoms with E-state index in [0.717, 1.165) is 11.3 Å². The quantitative estimate of drug-likeness (QED) is 0.859. The fourth-order valence-electron chi connectivity index (χ4n) is 1.38. The Morgan fingerprint density at radius 1 is 1.35 bits per heavy atom. The third-order valence-corrected chi connectivity index (χ3v) is 3.44. The molecule has 0 saturated heterocycles. The topological polar surface area (TPSA) is 90.0 Å². The SMILES string of the molecule is CCN(CC(=O)N(C)C)C(=O)Nc1sccc1C(=O)O. The predicted octanol–water partition coefficient (Wildman–Crippen LogP) is 1.39. The van der Waals surface area contributed by atoms with Crippen LogP contribution in [0.15, 0.2) is 11.4 Å². The first-order valence-electron chi connectivity index (χ1n) is 5.93. The first-order valence-corrected chi connectivity index (χ1v) is 6.81. The molecule has 0 aliphatic heterocycles. The van der Waals surface area contributed by atoms with Gasteiger partial charge in [0.25, 0.3) is 0 Å². The number of nitrogens with zero attached hydrogens (tertiary/aromatic N) is 2. The van der Waals surface area contributed by atoms with Gasteiger partial charge in [-0.25, -0.2) is 9.59 Å². The van der Waals surface area contributed by atoms with Crippen molar-refractivity contribution in [2.75, 3.05) is 32.5 Å². The van der Waals surface area contributed by atoms with Crippen molar-refractivity contribution in [3.8, 4) is 0 Å². The molecular formula is C12H17N3O4S. The number of thiophene rings is 1. The number of hydrogen-bond acceptors (Lipinski definition) is 4. The number of anilines is 1. The molecule has 0 unspecified atom stereocenters. The number of carboxylic acid groups (broad SMARTS) is 1. The smallest absolute Gasteiger partial charge is 0.338 e. The van der Waals surface area contributed by atoms with Crippen molar-refractivity contribution in [1.82, 2.24) is 9.80 Å². The number of rotatable bonds is 5. The summed E-state index contributed by atoms with van der Waals surface area (Å²) in [7, 11) is 3.21. The molecule has 2 N–H and O–H groups in total. The molecule has 0 bridgehead atoms. The first-order chi connectivity index (χ1) is 9.36. The van der Waals surface area contributed by atoms with Gasteiger partial charge in [0.05, 0.1) is 5.56 Å². The van der Waals surface area contributed by atoms with E-state index in [2.05, 4.69) is 5.32 Å². The van der Waals surface area contributed by atoms with E-state index in [1.165, 1.54) is 15.9 Å². The molecule has 1 aromatic heterocycles. The number of carbonyl (C=O) groups excluding carboxylic acids is 2. The lowest BCUT2D eigenvalue weighted by atomic mass is 10.3. The monoisotopic (exact) mass is 299 g/mol. The molecule has 1 heterocycles. The lowest BCUT2D eigenvalue weighted by Gasteiger charge is -2.22. The minimum Gasteiger partial charge on any atom is -0.478 e. The number of likely N-dealkylation sites (N-methyl/N-ethyl adjacent to an activating group) is 2. The number of nitrogens with one attached hydrogen (secondary N) is 1. The van der Waals surface area contributed by atoms with E-state index in [4.69, 9.17) is 5.11 Å². The molecule has 7 nitrogen and oxygen atoms in total. The highest BCUT2D eigenvalue weighted by atomic mass is 32.1. The Balaban J connectivity index is 2.75. The third kappa shape index (κ3) is 3.95. The molecule has 8 heteroatoms. The van der Waals surface area contributed by atoms with Gasteiger partial charge in [0, 0.05) is 20.6 Å². The van der Waals surface area contributed by atoms with Crippen molar-refractivity contribution >= 4 is 34.2 Å². The van der Waals surface area contributed by atoms with Crippen molar-refractivity contribution in [3.05, 3.63) is 17.0 Å². The highest BCUT2D eigenvalue weighted by molar-refractivity contribution is 7.14. The molecule has 1 aromatic rings. The Labute approximate surface area is 120 Å². The minimum atomic E-state index is -1.10. The van der Waals surface area contributed by atoms with Crippen molar-refractivity contribution in [2.45, 2.75) is 6.92 Å². The second-order valence-corrected chi connectivity index (χ2v) is 5.12. The number of carbonyl (C=O) groups is 3. The van der Waals surface area contributed by atoms with E-state index < -0.39 is 12.0 Å². The van der Waals surface area contributed by atoms with Gasteiger partial charge < -0.3 is 14.9 Å². The summed E-state index contributed by atoms with van der Waals surface area (Å²) in [6, 6.07) is 0.928. The number of urea groups is 1. The highest BCUT2D eigenvalue weighted by Crippen LogP contribution is 2.23. The predicted molar refractivity (Wildman–Crippen MR) is 76.2 cm³/mol. The Bertz CT molecular complexity index is 513. The summed E-state index contributed by atoms with van der Waals surface area (Å²) in [5, 5.41) is 13.3. The maximum atomic E-state index is 12.0. The van der Waals surface area contributed by atoms with Gasteiger partial charge in [-0.3, -0.25) is 10.1 Å². The van der Waals surface area contributed by atoms with E-state index in [1.807, 2.05) is 0 Å². The molecule has 110 valence electrons. The maximum absolute atomic E-state index is 12.0. The van der Waals surface area contributed by atoms with E-state index >= 15 is 0 Å². The van der Waals surface area contributed by atoms with Crippen LogP contribution in [0.1, 0.15) is 17.3 Å². The number of hydrogen-bond donors (Lipinski definition) is 2. The molecule has 3 amide bonds. The molecule has 0 spiro atoms. The van der Waals surface area contributed by atoms with Crippen LogP contribution in [0.5, 0.6) is 0 Å². The van der Waals surface area contributed by atoms with Gasteiger partial charge in [-0.1, -0.05) is 0 Å². The summed E-state index contributed by atoms with van der Waals surface area (Å²) in [5.41, 5.74) is 0.0401. The fourth-order valence-corrected chi connectivity index (χ4v) is 2.15. The molecule has 0 radical (unpaired) electrons. The molecule has 0 aliphatic rings. The van der Waals surface area contributed by atoms with Gasteiger partial charge >= 0.3 is 12.0 Å². The summed E-state index contributed by atoms with van der Waals surface area (Å²) < 4.78 is 0. The molecule has 20 heavy (non-hydrogen) atoms. The maximum Gasteiger partial charge on any atom is 0.338 e. The molecule has 0 saturated carbocycles. The van der Waals surface area contributed by atoms with E-state index in [0.29, 0.717) is 6.54 Å². The fraction of sp³-hybridized carbons (Fsp3) is 0.417. The Morgan fingerprint density at radius 3 is 2.50 bits per heavy atom. The molecule has 0 aliphatic carbocycles. The highest BCUT2D eigenvalue weighted by Gasteiger charge is 2.19. The summed E-state index contributed by atoms with van der Waals surface area (Å²) in [5.74, 6) is -1.30. The van der Waals surface area contributed by atoms with Crippen LogP contribution in [0, 0.1) is 0 Å². The van der Waals surface area contributed by atoms with Gasteiger partial charge in [0.15, 0.2) is 0 Å². The Morgan fingerprint density at radius 2 is 2.00 bits per heavy atom. The molecule has 0 aromatic carbocycles. The lowest BCUT2D eigenvalue weighted by molar-refractivity contribution is -0.129. The first kappa shape index (κ1) is 16.0. The number of aromatic carboxylic acids is 1. The zero-order valence-corrected chi connectivity index (χ0v) is 12.4. The van der Waals surface area contributed by atoms with Crippen LogP contribution in [-0.2, 0) is 4.79 Å². The summed E-state index contributed by atoms with van der Waals surface area (Å²) in [6.45, 7) is 2.04. The second-order valence-electron chi connectivity index (χ2n) is 4.20. The van der Waals surface area contributed by atoms with E-state index in [9.17, 15) is 14.4 Å². The van der Waals surface area contributed by atoms with Crippen LogP contribution in [0.4, 0.5) is 9.80 Å². The van der Waals surface area contributed by atoms with Crippen LogP contribution in [0.2, 0.25) is 0 Å². The van der Waals surface area contributed by atoms with Crippen molar-refractivity contribution < 1.29 is 19.5 Å². The zero-order valence-electron chi connectivity index (χ0n) is 11.5. The summed E-state index contributed by atoms with van der Waals surface area (Å²) in [4.78, 5) is 37.3. The molecular weight excluding hydrogens is 282 g/mol. The largest absolute Gasteiger partial charge is 0.478 e. The van der Waals surface area contributed by atoms with Crippen LogP contribution in [-0.4, -0.2) is 60.0 Å². The van der Waals surface area contributed by atoms with Crippen molar-refractivity contribution in [3.63, 3.8) is 0 Å². The van der Waals surface area contributed by atoms with Gasteiger partial charge in [0.1, 0.15) is 11.5 Å². The van der Waals surface area contributed by atoms with Crippen LogP contribution < -0.4 is 5.32 Å². The van der Waals surface area contributed by atoms with Gasteiger partial charge in [-0.2, -0.15) is 0 Å². The standard InChI is InChI=1S/C12H17N3O4S/c1-4-15(7-9(16)14(2)3)12(19)13-10-8(11(17)18)5-6-20-10/h5-6H,4,7H2,1-3H3,(H,13,19)(H,17,18). The van der Waals surface area contributed by atoms with E-state index in [1.54, 1.807) is 26.4 Å². The van der Waals surface area contributed by atoms with Crippen LogP contribution in [0.3, 0.4) is 0 Å². The minimum absolute atomic E-state index is 0.0401. The van der Waals surface area contributed by atoms with Crippen molar-refractivity contribution in [2.24, 2.45) is 0 Å². The summed E-state index contributed by atoms with van der Waals surface area (Å²) >= 11 is 1.12. The lowest BCUT2D eigenvalue weighted by Crippen LogP contribution is -2.42. The normalized spacial score (nSPS) is 9.95.